The maximum absolute atomic E-state index is 10.9. The molecular formula is C22H42OSi. The molecule has 140 valence electrons. The smallest absolute Gasteiger partial charge is 0.130 e. The van der Waals surface area contributed by atoms with Gasteiger partial charge in [0.25, 0.3) is 0 Å². The molecule has 2 heteroatoms. The predicted octanol–water partition coefficient (Wildman–Crippen LogP) is 6.18. The predicted molar refractivity (Wildman–Crippen MR) is 113 cm³/mol. The van der Waals surface area contributed by atoms with Gasteiger partial charge in [-0.2, -0.15) is 0 Å². The van der Waals surface area contributed by atoms with Crippen LogP contribution < -0.4 is 0 Å². The minimum atomic E-state index is 0.297. The average Bonchev–Trinajstić information content (AvgIpc) is 2.46. The molecule has 0 N–H and O–H groups in total. The first kappa shape index (κ1) is 23.4. The highest BCUT2D eigenvalue weighted by Gasteiger charge is 2.02. The molecule has 0 bridgehead atoms. The lowest BCUT2D eigenvalue weighted by atomic mass is 10.0. The first-order valence-electron chi connectivity index (χ1n) is 10.1. The van der Waals surface area contributed by atoms with Gasteiger partial charge in [0, 0.05) is 16.7 Å². The molecule has 1 atom stereocenters. The van der Waals surface area contributed by atoms with Crippen LogP contribution in [0.4, 0.5) is 0 Å². The zero-order chi connectivity index (χ0) is 18.4. The third-order valence-corrected chi connectivity index (χ3v) is 5.92. The first-order valence-corrected chi connectivity index (χ1v) is 11.3. The monoisotopic (exact) mass is 350 g/mol. The van der Waals surface area contributed by atoms with Gasteiger partial charge in [-0.3, -0.25) is 0 Å². The first-order chi connectivity index (χ1) is 11.3. The number of carbonyl (C=O) groups is 1. The van der Waals surface area contributed by atoms with Crippen molar-refractivity contribution >= 4 is 16.0 Å². The Balaban J connectivity index is 3.75. The molecule has 0 aliphatic rings. The maximum Gasteiger partial charge on any atom is 0.130 e. The van der Waals surface area contributed by atoms with E-state index in [0.29, 0.717) is 12.2 Å². The number of carbonyl (C=O) groups excluding carboxylic acids is 1. The quantitative estimate of drug-likeness (QED) is 0.270. The van der Waals surface area contributed by atoms with Crippen LogP contribution in [0.2, 0.25) is 5.54 Å². The fraction of sp³-hybridized carbons (Fsp3) is 0.773. The van der Waals surface area contributed by atoms with Gasteiger partial charge in [-0.05, 0) is 65.2 Å². The molecular weight excluding hydrogens is 308 g/mol. The number of allylic oxidation sites excluding steroid dienone is 4. The van der Waals surface area contributed by atoms with Crippen LogP contribution in [0.5, 0.6) is 0 Å². The third kappa shape index (κ3) is 16.2. The molecule has 0 spiro atoms. The second-order valence-corrected chi connectivity index (χ2v) is 9.84. The molecule has 0 aromatic rings. The van der Waals surface area contributed by atoms with Crippen LogP contribution in [0.25, 0.3) is 0 Å². The van der Waals surface area contributed by atoms with Crippen LogP contribution in [0, 0.1) is 5.92 Å². The third-order valence-electron chi connectivity index (χ3n) is 4.76. The lowest BCUT2D eigenvalue weighted by Crippen LogP contribution is -1.94. The average molecular weight is 351 g/mol. The normalized spacial score (nSPS) is 14.4. The second kappa shape index (κ2) is 14.7. The van der Waals surface area contributed by atoms with Crippen molar-refractivity contribution in [1.29, 1.82) is 0 Å². The van der Waals surface area contributed by atoms with E-state index in [0.717, 1.165) is 17.9 Å². The van der Waals surface area contributed by atoms with E-state index in [1.54, 1.807) is 12.5 Å². The van der Waals surface area contributed by atoms with Gasteiger partial charge in [0.1, 0.15) is 5.78 Å². The van der Waals surface area contributed by atoms with Crippen molar-refractivity contribution in [1.82, 2.24) is 0 Å². The highest BCUT2D eigenvalue weighted by Crippen LogP contribution is 2.21. The molecule has 24 heavy (non-hydrogen) atoms. The summed E-state index contributed by atoms with van der Waals surface area (Å²) in [5.74, 6) is 1.13. The number of rotatable bonds is 14. The van der Waals surface area contributed by atoms with E-state index in [1.165, 1.54) is 67.2 Å². The Labute approximate surface area is 154 Å². The van der Waals surface area contributed by atoms with Gasteiger partial charge < -0.3 is 4.79 Å². The fourth-order valence-corrected chi connectivity index (χ4v) is 3.74. The molecule has 1 unspecified atom stereocenters. The molecule has 0 saturated heterocycles. The van der Waals surface area contributed by atoms with Gasteiger partial charge in [-0.1, -0.05) is 61.9 Å². The fourth-order valence-electron chi connectivity index (χ4n) is 3.00. The van der Waals surface area contributed by atoms with E-state index in [4.69, 9.17) is 0 Å². The molecule has 0 fully saturated rings. The van der Waals surface area contributed by atoms with Gasteiger partial charge in [0.05, 0.1) is 0 Å². The molecule has 0 radical (unpaired) electrons. The van der Waals surface area contributed by atoms with Crippen molar-refractivity contribution in [2.75, 3.05) is 0 Å². The van der Waals surface area contributed by atoms with Gasteiger partial charge in [0.2, 0.25) is 0 Å². The van der Waals surface area contributed by atoms with Crippen LogP contribution in [-0.4, -0.2) is 16.0 Å². The highest BCUT2D eigenvalue weighted by atomic mass is 28.1. The summed E-state index contributed by atoms with van der Waals surface area (Å²) in [7, 11) is 1.32. The molecule has 0 aromatic carbocycles. The topological polar surface area (TPSA) is 17.1 Å². The summed E-state index contributed by atoms with van der Waals surface area (Å²) < 4.78 is 0. The van der Waals surface area contributed by atoms with E-state index < -0.39 is 0 Å². The van der Waals surface area contributed by atoms with Gasteiger partial charge in [0.15, 0.2) is 0 Å². The van der Waals surface area contributed by atoms with Crippen molar-refractivity contribution in [3.05, 3.63) is 23.3 Å². The summed E-state index contributed by atoms with van der Waals surface area (Å²) in [4.78, 5) is 10.9. The van der Waals surface area contributed by atoms with Crippen LogP contribution in [0.15, 0.2) is 23.3 Å². The van der Waals surface area contributed by atoms with E-state index in [1.807, 2.05) is 0 Å². The summed E-state index contributed by atoms with van der Waals surface area (Å²) >= 11 is 0. The summed E-state index contributed by atoms with van der Waals surface area (Å²) in [5.41, 5.74) is 4.01. The highest BCUT2D eigenvalue weighted by molar-refractivity contribution is 6.11. The molecule has 1 nitrogen and oxygen atoms in total. The van der Waals surface area contributed by atoms with E-state index in [9.17, 15) is 4.79 Å². The Hall–Kier alpha value is -0.633. The lowest BCUT2D eigenvalue weighted by molar-refractivity contribution is -0.116. The summed E-state index contributed by atoms with van der Waals surface area (Å²) in [6.07, 6.45) is 16.9. The van der Waals surface area contributed by atoms with Crippen LogP contribution in [-0.2, 0) is 4.79 Å². The maximum atomic E-state index is 10.9. The Kier molecular flexibility index (Phi) is 14.3. The Morgan fingerprint density at radius 2 is 1.38 bits per heavy atom. The molecule has 0 heterocycles. The summed E-state index contributed by atoms with van der Waals surface area (Å²) in [6, 6.07) is 0. The molecule has 0 aliphatic heterocycles. The molecule has 0 rings (SSSR count). The SMILES string of the molecule is CC(=O)CCC=C(C)CCCC([SiH3])CCC=C(C)CCCC(C)C. The number of Topliss-reactive ketones (excluding diaryl/α,β-unsaturated/α-hetero) is 1. The van der Waals surface area contributed by atoms with Crippen molar-refractivity contribution in [3.8, 4) is 0 Å². The van der Waals surface area contributed by atoms with Crippen LogP contribution in [0.3, 0.4) is 0 Å². The Bertz CT molecular complexity index is 393. The minimum absolute atomic E-state index is 0.297. The van der Waals surface area contributed by atoms with E-state index >= 15 is 0 Å². The zero-order valence-corrected chi connectivity index (χ0v) is 19.3. The van der Waals surface area contributed by atoms with Crippen molar-refractivity contribution in [2.45, 2.75) is 104 Å². The van der Waals surface area contributed by atoms with E-state index in [-0.39, 0.29) is 0 Å². The second-order valence-electron chi connectivity index (χ2n) is 8.20. The number of hydrogen-bond donors (Lipinski definition) is 0. The minimum Gasteiger partial charge on any atom is -0.300 e. The van der Waals surface area contributed by atoms with Crippen molar-refractivity contribution in [3.63, 3.8) is 0 Å². The Morgan fingerprint density at radius 1 is 0.833 bits per heavy atom. The Morgan fingerprint density at radius 3 is 1.92 bits per heavy atom. The molecule has 0 saturated carbocycles. The van der Waals surface area contributed by atoms with Crippen LogP contribution in [0.1, 0.15) is 98.8 Å². The molecule has 0 amide bonds. The number of ketones is 1. The van der Waals surface area contributed by atoms with Crippen LogP contribution >= 0.6 is 0 Å². The summed E-state index contributed by atoms with van der Waals surface area (Å²) in [5, 5.41) is 0. The standard InChI is InChI=1S/C22H42OSi/c1-18(2)10-6-11-19(3)13-8-16-22(24)17-9-14-20(4)12-7-15-21(5)23/h12-13,18,22H,6-11,14-17H2,1-5,24H3. The van der Waals surface area contributed by atoms with Crippen molar-refractivity contribution < 1.29 is 4.79 Å². The van der Waals surface area contributed by atoms with Crippen molar-refractivity contribution in [2.24, 2.45) is 5.92 Å². The number of hydrogen-bond acceptors (Lipinski definition) is 1. The lowest BCUT2D eigenvalue weighted by Gasteiger charge is -2.10. The molecule has 0 aromatic heterocycles. The zero-order valence-electron chi connectivity index (χ0n) is 17.3. The van der Waals surface area contributed by atoms with Gasteiger partial charge >= 0.3 is 0 Å². The van der Waals surface area contributed by atoms with Gasteiger partial charge in [-0.25, -0.2) is 0 Å². The van der Waals surface area contributed by atoms with Gasteiger partial charge in [-0.15, -0.1) is 0 Å². The van der Waals surface area contributed by atoms with E-state index in [2.05, 4.69) is 39.8 Å². The summed E-state index contributed by atoms with van der Waals surface area (Å²) in [6.45, 7) is 10.8. The largest absolute Gasteiger partial charge is 0.300 e. The molecule has 0 aliphatic carbocycles.